The number of benzene rings is 1. The number of aliphatic hydroxyl groups excluding tert-OH is 1. The third-order valence-corrected chi connectivity index (χ3v) is 3.62. The summed E-state index contributed by atoms with van der Waals surface area (Å²) in [6.07, 6.45) is -2.56. The number of halogens is 3. The Balaban J connectivity index is 2.75. The summed E-state index contributed by atoms with van der Waals surface area (Å²) < 4.78 is 38.5. The molecule has 0 aromatic heterocycles. The van der Waals surface area contributed by atoms with E-state index in [1.54, 1.807) is 0 Å². The van der Waals surface area contributed by atoms with Gasteiger partial charge in [0.15, 0.2) is 0 Å². The molecule has 0 radical (unpaired) electrons. The summed E-state index contributed by atoms with van der Waals surface area (Å²) in [5.41, 5.74) is -0.835. The Bertz CT molecular complexity index is 460. The minimum Gasteiger partial charge on any atom is -0.396 e. The minimum atomic E-state index is -4.47. The number of nitrogens with one attached hydrogen (secondary N) is 1. The van der Waals surface area contributed by atoms with Gasteiger partial charge in [0.2, 0.25) is 5.91 Å². The first kappa shape index (κ1) is 17.8. The normalized spacial score (nSPS) is 13.0. The van der Waals surface area contributed by atoms with Gasteiger partial charge in [-0.3, -0.25) is 4.79 Å². The van der Waals surface area contributed by atoms with Crippen LogP contribution in [0.4, 0.5) is 13.2 Å². The van der Waals surface area contributed by atoms with Gasteiger partial charge < -0.3 is 10.4 Å². The van der Waals surface area contributed by atoms with Crippen LogP contribution in [0, 0.1) is 0 Å². The summed E-state index contributed by atoms with van der Waals surface area (Å²) in [5, 5.41) is 11.6. The van der Waals surface area contributed by atoms with Crippen molar-refractivity contribution in [2.45, 2.75) is 25.1 Å². The highest BCUT2D eigenvalue weighted by Gasteiger charge is 2.33. The standard InChI is InChI=1S/C14H18F3NO2S/c1-21-9-11(6-7-19)18-13(20)8-10-4-2-3-5-12(10)14(15,16)17/h2-5,11,19H,6-9H2,1H3,(H,18,20). The first-order valence-electron chi connectivity index (χ1n) is 6.42. The van der Waals surface area contributed by atoms with Crippen LogP contribution in [-0.4, -0.2) is 35.7 Å². The third-order valence-electron chi connectivity index (χ3n) is 2.88. The fourth-order valence-electron chi connectivity index (χ4n) is 1.96. The number of thioether (sulfide) groups is 1. The number of aliphatic hydroxyl groups is 1. The molecular weight excluding hydrogens is 303 g/mol. The Labute approximate surface area is 125 Å². The van der Waals surface area contributed by atoms with Gasteiger partial charge in [0.05, 0.1) is 12.0 Å². The number of hydrogen-bond acceptors (Lipinski definition) is 3. The van der Waals surface area contributed by atoms with Crippen molar-refractivity contribution in [1.29, 1.82) is 0 Å². The SMILES string of the molecule is CSCC(CCO)NC(=O)Cc1ccccc1C(F)(F)F. The fraction of sp³-hybridized carbons (Fsp3) is 0.500. The molecule has 0 heterocycles. The van der Waals surface area contributed by atoms with E-state index >= 15 is 0 Å². The molecule has 1 aromatic carbocycles. The van der Waals surface area contributed by atoms with Gasteiger partial charge in [0.25, 0.3) is 0 Å². The van der Waals surface area contributed by atoms with Gasteiger partial charge in [0, 0.05) is 18.4 Å². The molecule has 0 aliphatic heterocycles. The van der Waals surface area contributed by atoms with Crippen LogP contribution in [0.1, 0.15) is 17.5 Å². The van der Waals surface area contributed by atoms with E-state index in [0.717, 1.165) is 6.07 Å². The maximum Gasteiger partial charge on any atom is 0.416 e. The average molecular weight is 321 g/mol. The fourth-order valence-corrected chi connectivity index (χ4v) is 2.61. The second-order valence-electron chi connectivity index (χ2n) is 4.56. The molecule has 2 N–H and O–H groups in total. The summed E-state index contributed by atoms with van der Waals surface area (Å²) in [6, 6.07) is 4.81. The Morgan fingerprint density at radius 2 is 2.05 bits per heavy atom. The maximum atomic E-state index is 12.8. The molecule has 0 fully saturated rings. The lowest BCUT2D eigenvalue weighted by molar-refractivity contribution is -0.138. The summed E-state index contributed by atoms with van der Waals surface area (Å²) >= 11 is 1.50. The lowest BCUT2D eigenvalue weighted by Gasteiger charge is -2.18. The highest BCUT2D eigenvalue weighted by atomic mass is 32.2. The molecule has 3 nitrogen and oxygen atoms in total. The molecule has 0 aliphatic rings. The van der Waals surface area contributed by atoms with E-state index in [0.29, 0.717) is 12.2 Å². The molecule has 1 rings (SSSR count). The van der Waals surface area contributed by atoms with Crippen LogP contribution in [-0.2, 0) is 17.4 Å². The van der Waals surface area contributed by atoms with Gasteiger partial charge in [-0.05, 0) is 24.3 Å². The summed E-state index contributed by atoms with van der Waals surface area (Å²) in [6.45, 7) is -0.0787. The highest BCUT2D eigenvalue weighted by molar-refractivity contribution is 7.98. The van der Waals surface area contributed by atoms with E-state index in [-0.39, 0.29) is 24.6 Å². The first-order chi connectivity index (χ1) is 9.88. The second-order valence-corrected chi connectivity index (χ2v) is 5.47. The van der Waals surface area contributed by atoms with Crippen LogP contribution >= 0.6 is 11.8 Å². The molecule has 0 saturated carbocycles. The second kappa shape index (κ2) is 8.29. The van der Waals surface area contributed by atoms with Crippen molar-refractivity contribution in [3.05, 3.63) is 35.4 Å². The summed E-state index contributed by atoms with van der Waals surface area (Å²) in [4.78, 5) is 11.9. The zero-order valence-corrected chi connectivity index (χ0v) is 12.4. The molecule has 1 amide bonds. The van der Waals surface area contributed by atoms with E-state index < -0.39 is 17.6 Å². The number of amides is 1. The molecule has 7 heteroatoms. The Morgan fingerprint density at radius 1 is 1.38 bits per heavy atom. The minimum absolute atomic E-state index is 0.0469. The zero-order valence-electron chi connectivity index (χ0n) is 11.6. The smallest absolute Gasteiger partial charge is 0.396 e. The zero-order chi connectivity index (χ0) is 15.9. The van der Waals surface area contributed by atoms with Gasteiger partial charge in [-0.2, -0.15) is 24.9 Å². The van der Waals surface area contributed by atoms with Crippen molar-refractivity contribution >= 4 is 17.7 Å². The van der Waals surface area contributed by atoms with Crippen LogP contribution in [0.2, 0.25) is 0 Å². The topological polar surface area (TPSA) is 49.3 Å². The van der Waals surface area contributed by atoms with Gasteiger partial charge in [-0.25, -0.2) is 0 Å². The van der Waals surface area contributed by atoms with E-state index in [2.05, 4.69) is 5.32 Å². The number of alkyl halides is 3. The number of carbonyl (C=O) groups is 1. The van der Waals surface area contributed by atoms with E-state index in [9.17, 15) is 18.0 Å². The molecule has 0 spiro atoms. The Kier molecular flexibility index (Phi) is 7.04. The van der Waals surface area contributed by atoms with Crippen molar-refractivity contribution in [3.63, 3.8) is 0 Å². The molecule has 1 unspecified atom stereocenters. The Morgan fingerprint density at radius 3 is 2.62 bits per heavy atom. The van der Waals surface area contributed by atoms with Crippen molar-refractivity contribution in [2.24, 2.45) is 0 Å². The molecule has 118 valence electrons. The van der Waals surface area contributed by atoms with Gasteiger partial charge in [-0.1, -0.05) is 18.2 Å². The van der Waals surface area contributed by atoms with E-state index in [4.69, 9.17) is 5.11 Å². The maximum absolute atomic E-state index is 12.8. The highest BCUT2D eigenvalue weighted by Crippen LogP contribution is 2.31. The molecule has 1 atom stereocenters. The first-order valence-corrected chi connectivity index (χ1v) is 7.82. The van der Waals surface area contributed by atoms with Gasteiger partial charge >= 0.3 is 6.18 Å². The lowest BCUT2D eigenvalue weighted by atomic mass is 10.0. The molecule has 0 bridgehead atoms. The lowest BCUT2D eigenvalue weighted by Crippen LogP contribution is -2.38. The van der Waals surface area contributed by atoms with Crippen molar-refractivity contribution in [1.82, 2.24) is 5.32 Å². The monoisotopic (exact) mass is 321 g/mol. The van der Waals surface area contributed by atoms with E-state index in [1.165, 1.54) is 30.0 Å². The molecule has 0 saturated heterocycles. The van der Waals surface area contributed by atoms with Crippen LogP contribution < -0.4 is 5.32 Å². The predicted octanol–water partition coefficient (Wildman–Crippen LogP) is 2.48. The van der Waals surface area contributed by atoms with Gasteiger partial charge in [-0.15, -0.1) is 0 Å². The van der Waals surface area contributed by atoms with E-state index in [1.807, 2.05) is 6.26 Å². The number of carbonyl (C=O) groups excluding carboxylic acids is 1. The van der Waals surface area contributed by atoms with Crippen molar-refractivity contribution < 1.29 is 23.1 Å². The summed E-state index contributed by atoms with van der Waals surface area (Å²) in [5.74, 6) is 0.131. The van der Waals surface area contributed by atoms with Crippen LogP contribution in [0.15, 0.2) is 24.3 Å². The van der Waals surface area contributed by atoms with Crippen LogP contribution in [0.5, 0.6) is 0 Å². The average Bonchev–Trinajstić information content (AvgIpc) is 2.38. The number of rotatable bonds is 7. The van der Waals surface area contributed by atoms with Crippen molar-refractivity contribution in [2.75, 3.05) is 18.6 Å². The largest absolute Gasteiger partial charge is 0.416 e. The van der Waals surface area contributed by atoms with Crippen LogP contribution in [0.3, 0.4) is 0 Å². The van der Waals surface area contributed by atoms with Gasteiger partial charge in [0.1, 0.15) is 0 Å². The van der Waals surface area contributed by atoms with Crippen molar-refractivity contribution in [3.8, 4) is 0 Å². The quantitative estimate of drug-likeness (QED) is 0.811. The predicted molar refractivity (Wildman–Crippen MR) is 77.2 cm³/mol. The number of hydrogen-bond donors (Lipinski definition) is 2. The summed E-state index contributed by atoms with van der Waals surface area (Å²) in [7, 11) is 0. The third kappa shape index (κ3) is 5.97. The Hall–Kier alpha value is -1.21. The molecular formula is C14H18F3NO2S. The molecule has 1 aromatic rings. The van der Waals surface area contributed by atoms with Crippen LogP contribution in [0.25, 0.3) is 0 Å². The molecule has 21 heavy (non-hydrogen) atoms. The molecule has 0 aliphatic carbocycles.